The highest BCUT2D eigenvalue weighted by Crippen LogP contribution is 2.25. The SMILES string of the molecule is COc1ccc(C(=O)/C=C/Nc2ccc(C(C)=O)cc2)c(OC)c1. The lowest BCUT2D eigenvalue weighted by Crippen LogP contribution is -2.00. The Kier molecular flexibility index (Phi) is 5.73. The van der Waals surface area contributed by atoms with Gasteiger partial charge in [0.1, 0.15) is 11.5 Å². The zero-order valence-electron chi connectivity index (χ0n) is 13.8. The van der Waals surface area contributed by atoms with Crippen LogP contribution in [0.2, 0.25) is 0 Å². The summed E-state index contributed by atoms with van der Waals surface area (Å²) in [5, 5.41) is 2.99. The number of methoxy groups -OCH3 is 2. The number of nitrogens with one attached hydrogen (secondary N) is 1. The summed E-state index contributed by atoms with van der Waals surface area (Å²) >= 11 is 0. The van der Waals surface area contributed by atoms with Crippen molar-refractivity contribution in [3.8, 4) is 11.5 Å². The molecule has 0 atom stereocenters. The van der Waals surface area contributed by atoms with Gasteiger partial charge in [0.05, 0.1) is 19.8 Å². The van der Waals surface area contributed by atoms with Crippen LogP contribution in [0.3, 0.4) is 0 Å². The summed E-state index contributed by atoms with van der Waals surface area (Å²) in [6.45, 7) is 1.52. The highest BCUT2D eigenvalue weighted by molar-refractivity contribution is 6.06. The molecule has 2 aromatic rings. The minimum absolute atomic E-state index is 0.0128. The first-order chi connectivity index (χ1) is 11.5. The molecule has 0 saturated heterocycles. The van der Waals surface area contributed by atoms with Gasteiger partial charge in [-0.15, -0.1) is 0 Å². The van der Waals surface area contributed by atoms with Gasteiger partial charge in [0.15, 0.2) is 11.6 Å². The third kappa shape index (κ3) is 4.23. The van der Waals surface area contributed by atoms with Gasteiger partial charge < -0.3 is 14.8 Å². The van der Waals surface area contributed by atoms with E-state index < -0.39 is 0 Å². The maximum Gasteiger partial charge on any atom is 0.191 e. The maximum atomic E-state index is 12.3. The Hall–Kier alpha value is -3.08. The fourth-order valence-electron chi connectivity index (χ4n) is 2.11. The summed E-state index contributed by atoms with van der Waals surface area (Å²) < 4.78 is 10.3. The Morgan fingerprint density at radius 1 is 1.00 bits per heavy atom. The van der Waals surface area contributed by atoms with Gasteiger partial charge in [0.25, 0.3) is 0 Å². The Bertz CT molecular complexity index is 763. The molecule has 24 heavy (non-hydrogen) atoms. The standard InChI is InChI=1S/C19H19NO4/c1-13(21)14-4-6-15(7-5-14)20-11-10-18(22)17-9-8-16(23-2)12-19(17)24-3/h4-12,20H,1-3H3/b11-10+. The second-order valence-corrected chi connectivity index (χ2v) is 5.04. The molecule has 0 fully saturated rings. The molecule has 1 N–H and O–H groups in total. The van der Waals surface area contributed by atoms with E-state index in [1.165, 1.54) is 20.1 Å². The van der Waals surface area contributed by atoms with E-state index in [1.54, 1.807) is 55.8 Å². The fraction of sp³-hybridized carbons (Fsp3) is 0.158. The van der Waals surface area contributed by atoms with E-state index in [4.69, 9.17) is 9.47 Å². The summed E-state index contributed by atoms with van der Waals surface area (Å²) in [6, 6.07) is 12.0. The summed E-state index contributed by atoms with van der Waals surface area (Å²) in [4.78, 5) is 23.5. The van der Waals surface area contributed by atoms with Gasteiger partial charge in [-0.2, -0.15) is 0 Å². The number of Topliss-reactive ketones (excluding diaryl/α,β-unsaturated/α-hetero) is 1. The molecule has 2 aromatic carbocycles. The summed E-state index contributed by atoms with van der Waals surface area (Å²) in [7, 11) is 3.06. The summed E-state index contributed by atoms with van der Waals surface area (Å²) in [6.07, 6.45) is 2.97. The Morgan fingerprint density at radius 2 is 1.71 bits per heavy atom. The topological polar surface area (TPSA) is 64.6 Å². The van der Waals surface area contributed by atoms with Crippen LogP contribution in [0.4, 0.5) is 5.69 Å². The van der Waals surface area contributed by atoms with Crippen LogP contribution < -0.4 is 14.8 Å². The number of anilines is 1. The molecule has 0 amide bonds. The Balaban J connectivity index is 2.06. The van der Waals surface area contributed by atoms with Crippen LogP contribution in [0.25, 0.3) is 0 Å². The lowest BCUT2D eigenvalue weighted by atomic mass is 10.1. The van der Waals surface area contributed by atoms with Crippen LogP contribution in [-0.4, -0.2) is 25.8 Å². The predicted octanol–water partition coefficient (Wildman–Crippen LogP) is 3.71. The van der Waals surface area contributed by atoms with Crippen LogP contribution in [-0.2, 0) is 0 Å². The van der Waals surface area contributed by atoms with E-state index in [1.807, 2.05) is 0 Å². The van der Waals surface area contributed by atoms with Gasteiger partial charge in [-0.3, -0.25) is 9.59 Å². The van der Waals surface area contributed by atoms with Crippen molar-refractivity contribution in [3.05, 3.63) is 65.9 Å². The van der Waals surface area contributed by atoms with E-state index in [0.717, 1.165) is 5.69 Å². The predicted molar refractivity (Wildman–Crippen MR) is 93.1 cm³/mol. The largest absolute Gasteiger partial charge is 0.497 e. The lowest BCUT2D eigenvalue weighted by molar-refractivity contribution is 0.101. The molecule has 124 valence electrons. The van der Waals surface area contributed by atoms with Gasteiger partial charge in [-0.1, -0.05) is 0 Å². The molecular formula is C19H19NO4. The third-order valence-electron chi connectivity index (χ3n) is 3.45. The van der Waals surface area contributed by atoms with Crippen molar-refractivity contribution in [1.82, 2.24) is 0 Å². The maximum absolute atomic E-state index is 12.3. The summed E-state index contributed by atoms with van der Waals surface area (Å²) in [5.41, 5.74) is 1.87. The summed E-state index contributed by atoms with van der Waals surface area (Å²) in [5.74, 6) is 0.895. The molecular weight excluding hydrogens is 306 g/mol. The normalized spacial score (nSPS) is 10.5. The van der Waals surface area contributed by atoms with Crippen molar-refractivity contribution < 1.29 is 19.1 Å². The highest BCUT2D eigenvalue weighted by Gasteiger charge is 2.10. The molecule has 5 heteroatoms. The third-order valence-corrected chi connectivity index (χ3v) is 3.45. The second-order valence-electron chi connectivity index (χ2n) is 5.04. The smallest absolute Gasteiger partial charge is 0.191 e. The number of hydrogen-bond acceptors (Lipinski definition) is 5. The molecule has 5 nitrogen and oxygen atoms in total. The molecule has 0 aliphatic rings. The van der Waals surface area contributed by atoms with Crippen molar-refractivity contribution >= 4 is 17.3 Å². The highest BCUT2D eigenvalue weighted by atomic mass is 16.5. The van der Waals surface area contributed by atoms with Crippen molar-refractivity contribution in [3.63, 3.8) is 0 Å². The number of carbonyl (C=O) groups excluding carboxylic acids is 2. The molecule has 0 saturated carbocycles. The molecule has 0 aliphatic carbocycles. The number of hydrogen-bond donors (Lipinski definition) is 1. The second kappa shape index (κ2) is 7.97. The van der Waals surface area contributed by atoms with Gasteiger partial charge in [0.2, 0.25) is 0 Å². The van der Waals surface area contributed by atoms with E-state index in [9.17, 15) is 9.59 Å². The molecule has 0 unspecified atom stereocenters. The van der Waals surface area contributed by atoms with Crippen molar-refractivity contribution in [2.24, 2.45) is 0 Å². The van der Waals surface area contributed by atoms with Crippen LogP contribution in [0.15, 0.2) is 54.7 Å². The van der Waals surface area contributed by atoms with Crippen LogP contribution >= 0.6 is 0 Å². The van der Waals surface area contributed by atoms with Gasteiger partial charge >= 0.3 is 0 Å². The van der Waals surface area contributed by atoms with Gasteiger partial charge in [-0.05, 0) is 43.3 Å². The van der Waals surface area contributed by atoms with E-state index in [0.29, 0.717) is 22.6 Å². The molecule has 2 rings (SSSR count). The molecule has 0 spiro atoms. The quantitative estimate of drug-likeness (QED) is 0.621. The number of carbonyl (C=O) groups is 2. The zero-order valence-corrected chi connectivity index (χ0v) is 13.8. The minimum Gasteiger partial charge on any atom is -0.497 e. The molecule has 0 bridgehead atoms. The molecule has 0 heterocycles. The Labute approximate surface area is 140 Å². The molecule has 0 aromatic heterocycles. The number of allylic oxidation sites excluding steroid dienone is 1. The average Bonchev–Trinajstić information content (AvgIpc) is 2.61. The number of ketones is 2. The number of rotatable bonds is 7. The van der Waals surface area contributed by atoms with Crippen molar-refractivity contribution in [2.45, 2.75) is 6.92 Å². The number of benzene rings is 2. The first-order valence-corrected chi connectivity index (χ1v) is 7.35. The van der Waals surface area contributed by atoms with Gasteiger partial charge in [0, 0.05) is 29.6 Å². The van der Waals surface area contributed by atoms with Crippen molar-refractivity contribution in [1.29, 1.82) is 0 Å². The molecule has 0 aliphatic heterocycles. The first kappa shape index (κ1) is 17.3. The van der Waals surface area contributed by atoms with Crippen molar-refractivity contribution in [2.75, 3.05) is 19.5 Å². The van der Waals surface area contributed by atoms with Crippen LogP contribution in [0.1, 0.15) is 27.6 Å². The average molecular weight is 325 g/mol. The zero-order chi connectivity index (χ0) is 17.5. The van der Waals surface area contributed by atoms with Gasteiger partial charge in [-0.25, -0.2) is 0 Å². The van der Waals surface area contributed by atoms with E-state index in [2.05, 4.69) is 5.32 Å². The molecule has 0 radical (unpaired) electrons. The lowest BCUT2D eigenvalue weighted by Gasteiger charge is -2.08. The van der Waals surface area contributed by atoms with Crippen LogP contribution in [0, 0.1) is 0 Å². The van der Waals surface area contributed by atoms with E-state index in [-0.39, 0.29) is 11.6 Å². The van der Waals surface area contributed by atoms with Crippen LogP contribution in [0.5, 0.6) is 11.5 Å². The minimum atomic E-state index is -0.192. The fourth-order valence-corrected chi connectivity index (χ4v) is 2.11. The number of ether oxygens (including phenoxy) is 2. The van der Waals surface area contributed by atoms with E-state index >= 15 is 0 Å². The monoisotopic (exact) mass is 325 g/mol. The first-order valence-electron chi connectivity index (χ1n) is 7.35. The Morgan fingerprint density at radius 3 is 2.29 bits per heavy atom.